The monoisotopic (exact) mass is 410 g/mol. The minimum atomic E-state index is -1.12. The molecule has 0 spiro atoms. The summed E-state index contributed by atoms with van der Waals surface area (Å²) < 4.78 is 9.72. The zero-order chi connectivity index (χ0) is 21.7. The number of anilines is 2. The third-order valence-corrected chi connectivity index (χ3v) is 5.77. The van der Waals surface area contributed by atoms with Gasteiger partial charge in [0.25, 0.3) is 0 Å². The largest absolute Gasteiger partial charge is 0.467 e. The molecule has 30 heavy (non-hydrogen) atoms. The first kappa shape index (κ1) is 21.7. The highest BCUT2D eigenvalue weighted by molar-refractivity contribution is 6.02. The van der Waals surface area contributed by atoms with E-state index in [1.165, 1.54) is 31.0 Å². The molecule has 0 bridgehead atoms. The molecule has 160 valence electrons. The van der Waals surface area contributed by atoms with Gasteiger partial charge in [0.1, 0.15) is 0 Å². The van der Waals surface area contributed by atoms with Gasteiger partial charge in [-0.2, -0.15) is 0 Å². The Morgan fingerprint density at radius 1 is 1.07 bits per heavy atom. The molecule has 1 unspecified atom stereocenters. The number of carbonyl (C=O) groups is 2. The highest BCUT2D eigenvalue weighted by Gasteiger charge is 2.36. The maximum Gasteiger partial charge on any atom is 0.340 e. The molecule has 0 aromatic heterocycles. The van der Waals surface area contributed by atoms with E-state index in [1.54, 1.807) is 4.90 Å². The van der Waals surface area contributed by atoms with Crippen molar-refractivity contribution in [3.63, 3.8) is 0 Å². The predicted octanol–water partition coefficient (Wildman–Crippen LogP) is 3.57. The van der Waals surface area contributed by atoms with E-state index in [4.69, 9.17) is 9.47 Å². The van der Waals surface area contributed by atoms with Crippen molar-refractivity contribution in [2.45, 2.75) is 45.3 Å². The highest BCUT2D eigenvalue weighted by Crippen LogP contribution is 2.37. The van der Waals surface area contributed by atoms with E-state index in [9.17, 15) is 9.59 Å². The molecule has 0 radical (unpaired) electrons. The van der Waals surface area contributed by atoms with Gasteiger partial charge < -0.3 is 19.3 Å². The number of fused-ring (bicyclic) bond motifs is 1. The van der Waals surface area contributed by atoms with E-state index >= 15 is 0 Å². The lowest BCUT2D eigenvalue weighted by Crippen LogP contribution is -2.48. The molecule has 1 atom stereocenters. The van der Waals surface area contributed by atoms with Crippen molar-refractivity contribution < 1.29 is 19.1 Å². The molecule has 0 saturated heterocycles. The molecule has 0 aliphatic carbocycles. The fraction of sp³-hybridized carbons (Fsp3) is 0.417. The summed E-state index contributed by atoms with van der Waals surface area (Å²) >= 11 is 0. The molecule has 2 aromatic rings. The molecule has 2 aromatic carbocycles. The number of ether oxygens (including phenoxy) is 2. The Labute approximate surface area is 178 Å². The Kier molecular flexibility index (Phi) is 6.98. The van der Waals surface area contributed by atoms with Gasteiger partial charge in [-0.3, -0.25) is 0 Å². The summed E-state index contributed by atoms with van der Waals surface area (Å²) in [4.78, 5) is 28.8. The highest BCUT2D eigenvalue weighted by atomic mass is 16.5. The second-order valence-corrected chi connectivity index (χ2v) is 7.43. The van der Waals surface area contributed by atoms with Crippen molar-refractivity contribution in [3.05, 3.63) is 59.7 Å². The van der Waals surface area contributed by atoms with Crippen LogP contribution in [0.2, 0.25) is 0 Å². The third kappa shape index (κ3) is 4.27. The van der Waals surface area contributed by atoms with Crippen LogP contribution in [0.1, 0.15) is 31.4 Å². The van der Waals surface area contributed by atoms with Gasteiger partial charge in [0.15, 0.2) is 0 Å². The van der Waals surface area contributed by atoms with E-state index in [-0.39, 0.29) is 0 Å². The minimum absolute atomic E-state index is 0.419. The van der Waals surface area contributed by atoms with Crippen molar-refractivity contribution in [3.8, 4) is 0 Å². The van der Waals surface area contributed by atoms with Gasteiger partial charge in [-0.25, -0.2) is 9.59 Å². The van der Waals surface area contributed by atoms with E-state index in [0.717, 1.165) is 25.1 Å². The number of benzene rings is 2. The SMILES string of the molecule is CCC1Cc2cc(N(CC)C(C(=O)OC)C(=O)OC)ccc2N1Cc1ccccc1. The normalized spacial score (nSPS) is 15.1. The van der Waals surface area contributed by atoms with Gasteiger partial charge in [-0.1, -0.05) is 37.3 Å². The van der Waals surface area contributed by atoms with Crippen LogP contribution in [0.4, 0.5) is 11.4 Å². The number of esters is 2. The van der Waals surface area contributed by atoms with Gasteiger partial charge in [-0.05, 0) is 49.1 Å². The molecule has 1 aliphatic rings. The first-order chi connectivity index (χ1) is 14.5. The van der Waals surface area contributed by atoms with Gasteiger partial charge in [0.2, 0.25) is 6.04 Å². The number of hydrogen-bond acceptors (Lipinski definition) is 6. The van der Waals surface area contributed by atoms with Crippen LogP contribution in [0.3, 0.4) is 0 Å². The zero-order valence-corrected chi connectivity index (χ0v) is 18.1. The van der Waals surface area contributed by atoms with Crippen LogP contribution in [-0.4, -0.2) is 44.8 Å². The maximum absolute atomic E-state index is 12.3. The summed E-state index contributed by atoms with van der Waals surface area (Å²) in [7, 11) is 2.56. The fourth-order valence-corrected chi connectivity index (χ4v) is 4.20. The lowest BCUT2D eigenvalue weighted by atomic mass is 10.1. The fourth-order valence-electron chi connectivity index (χ4n) is 4.20. The Bertz CT molecular complexity index is 868. The standard InChI is InChI=1S/C24H30N2O4/c1-5-19-14-18-15-20(25(6-2)22(23(27)29-3)24(28)30-4)12-13-21(18)26(19)16-17-10-8-7-9-11-17/h7-13,15,19,22H,5-6,14,16H2,1-4H3. The number of methoxy groups -OCH3 is 2. The van der Waals surface area contributed by atoms with Crippen molar-refractivity contribution in [1.29, 1.82) is 0 Å². The average molecular weight is 411 g/mol. The average Bonchev–Trinajstić information content (AvgIpc) is 3.13. The Hall–Kier alpha value is -3.02. The topological polar surface area (TPSA) is 59.1 Å². The number of rotatable bonds is 8. The van der Waals surface area contributed by atoms with E-state index in [0.29, 0.717) is 12.6 Å². The predicted molar refractivity (Wildman–Crippen MR) is 118 cm³/mol. The molecule has 1 aliphatic heterocycles. The number of carbonyl (C=O) groups excluding carboxylic acids is 2. The molecule has 6 heteroatoms. The molecule has 3 rings (SSSR count). The van der Waals surface area contributed by atoms with Crippen LogP contribution in [0, 0.1) is 0 Å². The molecule has 0 saturated carbocycles. The van der Waals surface area contributed by atoms with Crippen LogP contribution in [-0.2, 0) is 32.0 Å². The Balaban J connectivity index is 1.93. The van der Waals surface area contributed by atoms with Gasteiger partial charge >= 0.3 is 11.9 Å². The van der Waals surface area contributed by atoms with Crippen molar-refractivity contribution in [2.75, 3.05) is 30.6 Å². The van der Waals surface area contributed by atoms with Crippen molar-refractivity contribution in [1.82, 2.24) is 0 Å². The zero-order valence-electron chi connectivity index (χ0n) is 18.1. The van der Waals surface area contributed by atoms with Crippen LogP contribution < -0.4 is 9.80 Å². The number of likely N-dealkylation sites (N-methyl/N-ethyl adjacent to an activating group) is 1. The van der Waals surface area contributed by atoms with Crippen LogP contribution in [0.5, 0.6) is 0 Å². The third-order valence-electron chi connectivity index (χ3n) is 5.77. The van der Waals surface area contributed by atoms with Gasteiger partial charge in [0.05, 0.1) is 14.2 Å². The molecule has 6 nitrogen and oxygen atoms in total. The van der Waals surface area contributed by atoms with E-state index in [1.807, 2.05) is 19.1 Å². The summed E-state index contributed by atoms with van der Waals surface area (Å²) in [6.45, 7) is 5.44. The lowest BCUT2D eigenvalue weighted by molar-refractivity contribution is -0.153. The van der Waals surface area contributed by atoms with Gasteiger partial charge in [0, 0.05) is 30.5 Å². The smallest absolute Gasteiger partial charge is 0.340 e. The summed E-state index contributed by atoms with van der Waals surface area (Å²) in [5.41, 5.74) is 4.52. The molecule has 1 heterocycles. The van der Waals surface area contributed by atoms with Crippen LogP contribution >= 0.6 is 0 Å². The molecular formula is C24H30N2O4. The second kappa shape index (κ2) is 9.65. The van der Waals surface area contributed by atoms with E-state index < -0.39 is 18.0 Å². The molecule has 0 fully saturated rings. The van der Waals surface area contributed by atoms with Gasteiger partial charge in [-0.15, -0.1) is 0 Å². The first-order valence-electron chi connectivity index (χ1n) is 10.4. The Morgan fingerprint density at radius 2 is 1.73 bits per heavy atom. The Morgan fingerprint density at radius 3 is 2.30 bits per heavy atom. The first-order valence-corrected chi connectivity index (χ1v) is 10.4. The summed E-state index contributed by atoms with van der Waals surface area (Å²) in [6.07, 6.45) is 1.98. The number of nitrogens with zero attached hydrogens (tertiary/aromatic N) is 2. The van der Waals surface area contributed by atoms with Crippen LogP contribution in [0.15, 0.2) is 48.5 Å². The second-order valence-electron chi connectivity index (χ2n) is 7.43. The minimum Gasteiger partial charge on any atom is -0.467 e. The summed E-state index contributed by atoms with van der Waals surface area (Å²) in [5.74, 6) is -1.25. The summed E-state index contributed by atoms with van der Waals surface area (Å²) in [5, 5.41) is 0. The number of hydrogen-bond donors (Lipinski definition) is 0. The van der Waals surface area contributed by atoms with E-state index in [2.05, 4.69) is 48.2 Å². The quantitative estimate of drug-likeness (QED) is 0.490. The molecule has 0 N–H and O–H groups in total. The molecular weight excluding hydrogens is 380 g/mol. The van der Waals surface area contributed by atoms with Crippen molar-refractivity contribution in [2.24, 2.45) is 0 Å². The van der Waals surface area contributed by atoms with Crippen molar-refractivity contribution >= 4 is 23.3 Å². The lowest BCUT2D eigenvalue weighted by Gasteiger charge is -2.30. The maximum atomic E-state index is 12.3. The van der Waals surface area contributed by atoms with Crippen LogP contribution in [0.25, 0.3) is 0 Å². The molecule has 0 amide bonds. The summed E-state index contributed by atoms with van der Waals surface area (Å²) in [6, 6.07) is 15.9.